The van der Waals surface area contributed by atoms with Crippen molar-refractivity contribution < 1.29 is 14.6 Å². The van der Waals surface area contributed by atoms with Crippen LogP contribution in [-0.4, -0.2) is 51.9 Å². The van der Waals surface area contributed by atoms with E-state index in [1.54, 1.807) is 18.7 Å². The van der Waals surface area contributed by atoms with Crippen molar-refractivity contribution in [3.05, 3.63) is 34.5 Å². The summed E-state index contributed by atoms with van der Waals surface area (Å²) in [5, 5.41) is 15.5. The van der Waals surface area contributed by atoms with Gasteiger partial charge in [0, 0.05) is 6.42 Å². The molecule has 0 spiro atoms. The molecule has 1 fully saturated rings. The van der Waals surface area contributed by atoms with Crippen LogP contribution in [0.15, 0.2) is 18.2 Å². The van der Waals surface area contributed by atoms with Crippen LogP contribution in [0.3, 0.4) is 0 Å². The first-order valence-corrected chi connectivity index (χ1v) is 10.9. The highest BCUT2D eigenvalue weighted by Gasteiger charge is 2.32. The van der Waals surface area contributed by atoms with E-state index in [2.05, 4.69) is 28.0 Å². The molecule has 0 radical (unpaired) electrons. The van der Waals surface area contributed by atoms with Gasteiger partial charge in [-0.15, -0.1) is 5.10 Å². The maximum absolute atomic E-state index is 11.0. The zero-order valence-electron chi connectivity index (χ0n) is 17.4. The molecule has 1 atom stereocenters. The quantitative estimate of drug-likeness (QED) is 0.657. The maximum Gasteiger partial charge on any atom is 0.230 e. The van der Waals surface area contributed by atoms with E-state index in [0.717, 1.165) is 59.5 Å². The second-order valence-corrected chi connectivity index (χ2v) is 8.61. The number of fused-ring (bicyclic) bond motifs is 1. The van der Waals surface area contributed by atoms with Crippen LogP contribution in [0.4, 0.5) is 0 Å². The first-order valence-electron chi connectivity index (χ1n) is 10.1. The Morgan fingerprint density at radius 2 is 1.93 bits per heavy atom. The van der Waals surface area contributed by atoms with Crippen LogP contribution in [0.5, 0.6) is 17.4 Å². The smallest absolute Gasteiger partial charge is 0.230 e. The average molecular weight is 417 g/mol. The Bertz CT molecular complexity index is 991. The fraction of sp³-hybridized carbons (Fsp3) is 0.524. The van der Waals surface area contributed by atoms with Gasteiger partial charge in [0.15, 0.2) is 17.3 Å². The monoisotopic (exact) mass is 416 g/mol. The SMILES string of the molecule is CCc1nc2sc(C(c3ccc(OC)c(OC)c3)N3CCC(C)CC3)c(O)n2n1. The Morgan fingerprint density at radius 1 is 1.21 bits per heavy atom. The molecule has 0 bridgehead atoms. The molecule has 0 amide bonds. The Morgan fingerprint density at radius 3 is 2.55 bits per heavy atom. The lowest BCUT2D eigenvalue weighted by Gasteiger charge is -2.36. The van der Waals surface area contributed by atoms with E-state index in [9.17, 15) is 5.11 Å². The van der Waals surface area contributed by atoms with Gasteiger partial charge in [0.2, 0.25) is 10.8 Å². The van der Waals surface area contributed by atoms with E-state index in [-0.39, 0.29) is 11.9 Å². The van der Waals surface area contributed by atoms with Crippen LogP contribution < -0.4 is 9.47 Å². The van der Waals surface area contributed by atoms with Gasteiger partial charge in [-0.1, -0.05) is 31.3 Å². The highest BCUT2D eigenvalue weighted by Crippen LogP contribution is 2.43. The number of likely N-dealkylation sites (tertiary alicyclic amines) is 1. The average Bonchev–Trinajstić information content (AvgIpc) is 3.28. The minimum Gasteiger partial charge on any atom is -0.493 e. The first kappa shape index (κ1) is 20.0. The predicted molar refractivity (Wildman–Crippen MR) is 113 cm³/mol. The number of hydrogen-bond donors (Lipinski definition) is 1. The Kier molecular flexibility index (Phi) is 5.65. The third kappa shape index (κ3) is 3.67. The van der Waals surface area contributed by atoms with Crippen molar-refractivity contribution in [3.8, 4) is 17.4 Å². The van der Waals surface area contributed by atoms with Gasteiger partial charge in [-0.3, -0.25) is 4.90 Å². The number of benzene rings is 1. The number of piperidine rings is 1. The first-order chi connectivity index (χ1) is 14.0. The van der Waals surface area contributed by atoms with Crippen LogP contribution >= 0.6 is 11.3 Å². The van der Waals surface area contributed by atoms with E-state index < -0.39 is 0 Å². The molecule has 0 saturated carbocycles. The molecule has 29 heavy (non-hydrogen) atoms. The fourth-order valence-corrected chi connectivity index (χ4v) is 5.09. The molecule has 1 aliphatic heterocycles. The van der Waals surface area contributed by atoms with E-state index in [0.29, 0.717) is 11.5 Å². The third-order valence-electron chi connectivity index (χ3n) is 5.71. The maximum atomic E-state index is 11.0. The molecule has 1 N–H and O–H groups in total. The van der Waals surface area contributed by atoms with E-state index >= 15 is 0 Å². The topological polar surface area (TPSA) is 72.1 Å². The molecule has 2 aromatic heterocycles. The summed E-state index contributed by atoms with van der Waals surface area (Å²) in [6.07, 6.45) is 3.03. The van der Waals surface area contributed by atoms with Gasteiger partial charge in [-0.25, -0.2) is 4.98 Å². The number of rotatable bonds is 6. The molecule has 8 heteroatoms. The third-order valence-corrected chi connectivity index (χ3v) is 6.79. The summed E-state index contributed by atoms with van der Waals surface area (Å²) in [5.41, 5.74) is 1.06. The molecule has 1 unspecified atom stereocenters. The lowest BCUT2D eigenvalue weighted by Crippen LogP contribution is -2.36. The van der Waals surface area contributed by atoms with E-state index in [1.165, 1.54) is 11.3 Å². The summed E-state index contributed by atoms with van der Waals surface area (Å²) < 4.78 is 12.5. The summed E-state index contributed by atoms with van der Waals surface area (Å²) in [6.45, 7) is 6.27. The van der Waals surface area contributed by atoms with Gasteiger partial charge in [-0.2, -0.15) is 4.52 Å². The van der Waals surface area contributed by atoms with Crippen molar-refractivity contribution in [2.45, 2.75) is 39.2 Å². The second kappa shape index (κ2) is 8.20. The predicted octanol–water partition coefficient (Wildman–Crippen LogP) is 3.90. The number of aromatic nitrogens is 3. The highest BCUT2D eigenvalue weighted by molar-refractivity contribution is 7.17. The van der Waals surface area contributed by atoms with Gasteiger partial charge in [-0.05, 0) is 49.5 Å². The summed E-state index contributed by atoms with van der Waals surface area (Å²) in [6, 6.07) is 5.91. The van der Waals surface area contributed by atoms with E-state index in [4.69, 9.17) is 9.47 Å². The van der Waals surface area contributed by atoms with Gasteiger partial charge in [0.1, 0.15) is 0 Å². The number of aromatic hydroxyl groups is 1. The molecule has 3 aromatic rings. The Balaban J connectivity index is 1.81. The van der Waals surface area contributed by atoms with Crippen LogP contribution in [-0.2, 0) is 6.42 Å². The molecule has 1 saturated heterocycles. The molecule has 3 heterocycles. The van der Waals surface area contributed by atoms with Crippen LogP contribution in [0.2, 0.25) is 0 Å². The number of nitrogens with zero attached hydrogens (tertiary/aromatic N) is 4. The van der Waals surface area contributed by atoms with Crippen molar-refractivity contribution >= 4 is 16.3 Å². The van der Waals surface area contributed by atoms with E-state index in [1.807, 2.05) is 19.1 Å². The largest absolute Gasteiger partial charge is 0.493 e. The second-order valence-electron chi connectivity index (χ2n) is 7.60. The van der Waals surface area contributed by atoms with Gasteiger partial charge in [0.25, 0.3) is 0 Å². The number of aryl methyl sites for hydroxylation is 1. The normalized spacial score (nSPS) is 17.0. The van der Waals surface area contributed by atoms with Crippen molar-refractivity contribution in [3.63, 3.8) is 0 Å². The van der Waals surface area contributed by atoms with Crippen molar-refractivity contribution in [2.75, 3.05) is 27.3 Å². The van der Waals surface area contributed by atoms with Crippen LogP contribution in [0.1, 0.15) is 49.0 Å². The summed E-state index contributed by atoms with van der Waals surface area (Å²) >= 11 is 1.51. The lowest BCUT2D eigenvalue weighted by atomic mass is 9.95. The molecule has 1 aliphatic rings. The summed E-state index contributed by atoms with van der Waals surface area (Å²) in [7, 11) is 3.28. The molecule has 7 nitrogen and oxygen atoms in total. The summed E-state index contributed by atoms with van der Waals surface area (Å²) in [4.78, 5) is 8.58. The summed E-state index contributed by atoms with van der Waals surface area (Å²) in [5.74, 6) is 3.03. The molecular formula is C21H28N4O3S. The Labute approximate surface area is 174 Å². The van der Waals surface area contributed by atoms with Gasteiger partial charge >= 0.3 is 0 Å². The minimum atomic E-state index is -0.0825. The van der Waals surface area contributed by atoms with Crippen molar-refractivity contribution in [2.24, 2.45) is 5.92 Å². The fourth-order valence-electron chi connectivity index (χ4n) is 3.96. The molecule has 1 aromatic carbocycles. The highest BCUT2D eigenvalue weighted by atomic mass is 32.1. The Hall–Kier alpha value is -2.32. The number of ether oxygens (including phenoxy) is 2. The lowest BCUT2D eigenvalue weighted by molar-refractivity contribution is 0.157. The van der Waals surface area contributed by atoms with Crippen molar-refractivity contribution in [1.29, 1.82) is 0 Å². The molecule has 156 valence electrons. The minimum absolute atomic E-state index is 0.0825. The number of thiazole rings is 1. The van der Waals surface area contributed by atoms with Crippen molar-refractivity contribution in [1.82, 2.24) is 19.5 Å². The molecular weight excluding hydrogens is 388 g/mol. The number of hydrogen-bond acceptors (Lipinski definition) is 7. The molecule has 0 aliphatic carbocycles. The van der Waals surface area contributed by atoms with Gasteiger partial charge < -0.3 is 14.6 Å². The zero-order valence-corrected chi connectivity index (χ0v) is 18.2. The van der Waals surface area contributed by atoms with Gasteiger partial charge in [0.05, 0.1) is 25.1 Å². The molecule has 4 rings (SSSR count). The standard InChI is InChI=1S/C21H28N4O3S/c1-5-17-22-21-25(23-17)20(26)19(29-21)18(24-10-8-13(2)9-11-24)14-6-7-15(27-3)16(12-14)28-4/h6-7,12-13,18,26H,5,8-11H2,1-4H3. The van der Waals surface area contributed by atoms with Crippen LogP contribution in [0, 0.1) is 5.92 Å². The number of methoxy groups -OCH3 is 2. The van der Waals surface area contributed by atoms with Crippen LogP contribution in [0.25, 0.3) is 4.96 Å². The zero-order chi connectivity index (χ0) is 20.5.